The number of hydrogen-bond donors (Lipinski definition) is 1. The molecule has 5 nitrogen and oxygen atoms in total. The minimum Gasteiger partial charge on any atom is -0.322 e. The van der Waals surface area contributed by atoms with Crippen LogP contribution in [-0.2, 0) is 4.79 Å². The molecule has 0 fully saturated rings. The monoisotopic (exact) mass is 412 g/mol. The van der Waals surface area contributed by atoms with E-state index < -0.39 is 17.5 Å². The van der Waals surface area contributed by atoms with Crippen LogP contribution in [-0.4, -0.2) is 21.6 Å². The fourth-order valence-electron chi connectivity index (χ4n) is 1.89. The Balaban J connectivity index is 2.12. The highest BCUT2D eigenvalue weighted by Gasteiger charge is 2.15. The van der Waals surface area contributed by atoms with Crippen molar-refractivity contribution in [1.29, 1.82) is 5.26 Å². The lowest BCUT2D eigenvalue weighted by molar-refractivity contribution is -0.113. The Labute approximate surface area is 149 Å². The predicted octanol–water partition coefficient (Wildman–Crippen LogP) is 3.74. The van der Waals surface area contributed by atoms with Gasteiger partial charge in [0.2, 0.25) is 5.91 Å². The molecule has 0 aliphatic rings. The van der Waals surface area contributed by atoms with E-state index in [0.717, 1.165) is 17.8 Å². The number of carbonyl (C=O) groups excluding carboxylic acids is 1. The summed E-state index contributed by atoms with van der Waals surface area (Å²) >= 11 is 4.04. The molecule has 0 aliphatic heterocycles. The van der Waals surface area contributed by atoms with E-state index in [2.05, 4.69) is 31.2 Å². The molecule has 0 aliphatic carbocycles. The number of nitrogens with one attached hydrogen (secondary N) is 1. The second-order valence-corrected chi connectivity index (χ2v) is 6.55. The van der Waals surface area contributed by atoms with Crippen molar-refractivity contribution in [1.82, 2.24) is 9.97 Å². The maximum Gasteiger partial charge on any atom is 0.234 e. The molecule has 0 unspecified atom stereocenters. The van der Waals surface area contributed by atoms with E-state index >= 15 is 0 Å². The zero-order valence-corrected chi connectivity index (χ0v) is 15.1. The highest BCUT2D eigenvalue weighted by molar-refractivity contribution is 9.10. The lowest BCUT2D eigenvalue weighted by Crippen LogP contribution is -2.16. The lowest BCUT2D eigenvalue weighted by Gasteiger charge is -2.09. The number of rotatable bonds is 4. The molecular weight excluding hydrogens is 402 g/mol. The van der Waals surface area contributed by atoms with Gasteiger partial charge in [0, 0.05) is 10.5 Å². The number of aromatic nitrogens is 2. The lowest BCUT2D eigenvalue weighted by atomic mass is 10.3. The first-order valence-corrected chi connectivity index (χ1v) is 8.42. The number of carbonyl (C=O) groups is 1. The number of benzene rings is 1. The number of nitrogens with zero attached hydrogens (tertiary/aromatic N) is 3. The summed E-state index contributed by atoms with van der Waals surface area (Å²) in [5.41, 5.74) is 0.685. The first-order valence-electron chi connectivity index (χ1n) is 6.64. The molecule has 0 saturated carbocycles. The molecule has 0 atom stereocenters. The van der Waals surface area contributed by atoms with E-state index in [1.165, 1.54) is 0 Å². The van der Waals surface area contributed by atoms with Gasteiger partial charge in [-0.1, -0.05) is 11.8 Å². The summed E-state index contributed by atoms with van der Waals surface area (Å²) < 4.78 is 26.8. The number of halogens is 3. The fraction of sp³-hybridized carbons (Fsp3) is 0.200. The van der Waals surface area contributed by atoms with Crippen LogP contribution in [0.15, 0.2) is 21.6 Å². The number of amides is 1. The van der Waals surface area contributed by atoms with Gasteiger partial charge in [-0.2, -0.15) is 5.26 Å². The summed E-state index contributed by atoms with van der Waals surface area (Å²) in [4.78, 5) is 20.2. The second-order valence-electron chi connectivity index (χ2n) is 4.73. The molecular formula is C15H11BrF2N4OS. The van der Waals surface area contributed by atoms with Gasteiger partial charge in [0.05, 0.1) is 17.1 Å². The van der Waals surface area contributed by atoms with Crippen LogP contribution in [0.5, 0.6) is 0 Å². The summed E-state index contributed by atoms with van der Waals surface area (Å²) in [6, 6.07) is 3.73. The quantitative estimate of drug-likeness (QED) is 0.611. The van der Waals surface area contributed by atoms with Crippen LogP contribution >= 0.6 is 27.7 Å². The van der Waals surface area contributed by atoms with Gasteiger partial charge in [-0.25, -0.2) is 18.7 Å². The number of thioether (sulfide) groups is 1. The van der Waals surface area contributed by atoms with Gasteiger partial charge in [0.1, 0.15) is 28.3 Å². The molecule has 2 aromatic rings. The van der Waals surface area contributed by atoms with Crippen molar-refractivity contribution in [2.24, 2.45) is 0 Å². The Morgan fingerprint density at radius 3 is 2.71 bits per heavy atom. The van der Waals surface area contributed by atoms with Crippen molar-refractivity contribution in [2.75, 3.05) is 11.1 Å². The molecule has 1 N–H and O–H groups in total. The Morgan fingerprint density at radius 1 is 1.38 bits per heavy atom. The molecule has 1 heterocycles. The van der Waals surface area contributed by atoms with Crippen LogP contribution in [0, 0.1) is 36.8 Å². The average molecular weight is 413 g/mol. The molecule has 24 heavy (non-hydrogen) atoms. The topological polar surface area (TPSA) is 78.7 Å². The smallest absolute Gasteiger partial charge is 0.234 e. The van der Waals surface area contributed by atoms with Crippen LogP contribution in [0.2, 0.25) is 0 Å². The van der Waals surface area contributed by atoms with Gasteiger partial charge >= 0.3 is 0 Å². The van der Waals surface area contributed by atoms with Crippen molar-refractivity contribution in [2.45, 2.75) is 18.9 Å². The van der Waals surface area contributed by atoms with Gasteiger partial charge in [-0.05, 0) is 35.8 Å². The van der Waals surface area contributed by atoms with Crippen LogP contribution in [0.3, 0.4) is 0 Å². The summed E-state index contributed by atoms with van der Waals surface area (Å²) in [7, 11) is 0. The zero-order chi connectivity index (χ0) is 17.9. The average Bonchev–Trinajstić information content (AvgIpc) is 2.48. The number of anilines is 1. The summed E-state index contributed by atoms with van der Waals surface area (Å²) in [5.74, 6) is -1.75. The van der Waals surface area contributed by atoms with Gasteiger partial charge in [-0.15, -0.1) is 0 Å². The molecule has 0 radical (unpaired) electrons. The molecule has 1 aromatic carbocycles. The van der Waals surface area contributed by atoms with Crippen LogP contribution in [0.4, 0.5) is 14.5 Å². The molecule has 2 rings (SSSR count). The molecule has 1 amide bonds. The summed E-state index contributed by atoms with van der Waals surface area (Å²) in [6.45, 7) is 3.37. The van der Waals surface area contributed by atoms with Crippen molar-refractivity contribution in [3.8, 4) is 6.07 Å². The standard InChI is InChI=1S/C15H11BrF2N4OS/c1-7-10(5-19)15(21-8(2)20-7)24-6-13(23)22-14-11(16)3-9(17)4-12(14)18/h3-4H,6H2,1-2H3,(H,22,23). The number of hydrogen-bond acceptors (Lipinski definition) is 5. The van der Waals surface area contributed by atoms with E-state index in [4.69, 9.17) is 5.26 Å². The number of nitriles is 1. The van der Waals surface area contributed by atoms with E-state index in [9.17, 15) is 13.6 Å². The van der Waals surface area contributed by atoms with Crippen LogP contribution in [0.25, 0.3) is 0 Å². The first-order chi connectivity index (χ1) is 11.3. The van der Waals surface area contributed by atoms with Gasteiger partial charge in [-0.3, -0.25) is 4.79 Å². The largest absolute Gasteiger partial charge is 0.322 e. The molecule has 124 valence electrons. The molecule has 0 bridgehead atoms. The van der Waals surface area contributed by atoms with E-state index in [0.29, 0.717) is 28.2 Å². The Bertz CT molecular complexity index is 831. The van der Waals surface area contributed by atoms with Crippen LogP contribution < -0.4 is 5.32 Å². The van der Waals surface area contributed by atoms with Crippen molar-refractivity contribution < 1.29 is 13.6 Å². The SMILES string of the molecule is Cc1nc(C)c(C#N)c(SCC(=O)Nc2c(F)cc(F)cc2Br)n1. The fourth-order valence-corrected chi connectivity index (χ4v) is 3.27. The first kappa shape index (κ1) is 18.3. The van der Waals surface area contributed by atoms with E-state index in [1.807, 2.05) is 6.07 Å². The third-order valence-electron chi connectivity index (χ3n) is 2.89. The van der Waals surface area contributed by atoms with Crippen LogP contribution in [0.1, 0.15) is 17.1 Å². The van der Waals surface area contributed by atoms with Gasteiger partial charge in [0.15, 0.2) is 5.82 Å². The third kappa shape index (κ3) is 4.27. The van der Waals surface area contributed by atoms with Crippen molar-refractivity contribution in [3.63, 3.8) is 0 Å². The molecule has 9 heteroatoms. The van der Waals surface area contributed by atoms with Crippen molar-refractivity contribution >= 4 is 39.3 Å². The molecule has 1 aromatic heterocycles. The predicted molar refractivity (Wildman–Crippen MR) is 89.6 cm³/mol. The zero-order valence-electron chi connectivity index (χ0n) is 12.7. The Hall–Kier alpha value is -2.05. The van der Waals surface area contributed by atoms with E-state index in [-0.39, 0.29) is 15.9 Å². The second kappa shape index (κ2) is 7.68. The maximum absolute atomic E-state index is 13.7. The van der Waals surface area contributed by atoms with Crippen molar-refractivity contribution in [3.05, 3.63) is 45.3 Å². The Kier molecular flexibility index (Phi) is 5.85. The Morgan fingerprint density at radius 2 is 2.08 bits per heavy atom. The molecule has 0 spiro atoms. The summed E-state index contributed by atoms with van der Waals surface area (Å²) in [5, 5.41) is 11.9. The summed E-state index contributed by atoms with van der Waals surface area (Å²) in [6.07, 6.45) is 0. The van der Waals surface area contributed by atoms with E-state index in [1.54, 1.807) is 13.8 Å². The minimum absolute atomic E-state index is 0.0895. The van der Waals surface area contributed by atoms with Gasteiger partial charge < -0.3 is 5.32 Å². The number of aryl methyl sites for hydroxylation is 2. The minimum atomic E-state index is -0.883. The maximum atomic E-state index is 13.7. The third-order valence-corrected chi connectivity index (χ3v) is 4.49. The van der Waals surface area contributed by atoms with Gasteiger partial charge in [0.25, 0.3) is 0 Å². The highest BCUT2D eigenvalue weighted by atomic mass is 79.9. The molecule has 0 saturated heterocycles. The normalized spacial score (nSPS) is 10.3. The highest BCUT2D eigenvalue weighted by Crippen LogP contribution is 2.28.